The fourth-order valence-corrected chi connectivity index (χ4v) is 3.60. The van der Waals surface area contributed by atoms with Gasteiger partial charge in [0.2, 0.25) is 15.9 Å². The van der Waals surface area contributed by atoms with Crippen molar-refractivity contribution in [3.8, 4) is 11.5 Å². The van der Waals surface area contributed by atoms with Crippen LogP contribution in [0.3, 0.4) is 0 Å². The van der Waals surface area contributed by atoms with Gasteiger partial charge < -0.3 is 14.8 Å². The molecule has 0 heterocycles. The number of nitrogens with zero attached hydrogens (tertiary/aromatic N) is 1. The van der Waals surface area contributed by atoms with E-state index in [-0.39, 0.29) is 19.1 Å². The van der Waals surface area contributed by atoms with E-state index in [9.17, 15) is 13.2 Å². The molecule has 29 heavy (non-hydrogen) atoms. The minimum absolute atomic E-state index is 0.0775. The topological polar surface area (TPSA) is 84.9 Å². The van der Waals surface area contributed by atoms with E-state index in [0.717, 1.165) is 21.7 Å². The van der Waals surface area contributed by atoms with Crippen LogP contribution in [0.2, 0.25) is 5.02 Å². The number of ether oxygens (including phenoxy) is 2. The molecule has 0 unspecified atom stereocenters. The van der Waals surface area contributed by atoms with E-state index >= 15 is 0 Å². The summed E-state index contributed by atoms with van der Waals surface area (Å²) in [6.45, 7) is 1.59. The lowest BCUT2D eigenvalue weighted by atomic mass is 10.1. The summed E-state index contributed by atoms with van der Waals surface area (Å²) in [6, 6.07) is 11.8. The standard InChI is InChI=1S/C20H25ClN2O5S/c1-14(16-7-10-18(27-2)19(11-16)28-3)22-20(24)13-23(29(4,25)26)12-15-5-8-17(21)9-6-15/h5-11,14H,12-13H2,1-4H3,(H,22,24)/t14-/m0/s1. The third kappa shape index (κ3) is 6.62. The maximum Gasteiger partial charge on any atom is 0.235 e. The van der Waals surface area contributed by atoms with Crippen LogP contribution in [0.25, 0.3) is 0 Å². The van der Waals surface area contributed by atoms with Crippen molar-refractivity contribution in [1.29, 1.82) is 0 Å². The summed E-state index contributed by atoms with van der Waals surface area (Å²) in [5.74, 6) is 0.722. The van der Waals surface area contributed by atoms with Crippen LogP contribution < -0.4 is 14.8 Å². The van der Waals surface area contributed by atoms with Crippen LogP contribution in [0.4, 0.5) is 0 Å². The summed E-state index contributed by atoms with van der Waals surface area (Å²) in [6.07, 6.45) is 1.08. The second-order valence-electron chi connectivity index (χ2n) is 6.56. The van der Waals surface area contributed by atoms with E-state index in [1.54, 1.807) is 43.5 Å². The average molecular weight is 441 g/mol. The maximum absolute atomic E-state index is 12.5. The van der Waals surface area contributed by atoms with Crippen molar-refractivity contribution in [2.75, 3.05) is 27.0 Å². The van der Waals surface area contributed by atoms with E-state index in [4.69, 9.17) is 21.1 Å². The Labute approximate surface area is 176 Å². The zero-order valence-electron chi connectivity index (χ0n) is 16.8. The number of nitrogens with one attached hydrogen (secondary N) is 1. The van der Waals surface area contributed by atoms with E-state index < -0.39 is 15.9 Å². The first-order chi connectivity index (χ1) is 13.6. The molecule has 2 aromatic rings. The molecule has 0 saturated heterocycles. The Morgan fingerprint density at radius 2 is 1.72 bits per heavy atom. The summed E-state index contributed by atoms with van der Waals surface area (Å²) in [5, 5.41) is 3.38. The zero-order valence-corrected chi connectivity index (χ0v) is 18.4. The van der Waals surface area contributed by atoms with Crippen molar-refractivity contribution in [2.24, 2.45) is 0 Å². The molecule has 9 heteroatoms. The van der Waals surface area contributed by atoms with E-state index in [0.29, 0.717) is 16.5 Å². The number of benzene rings is 2. The van der Waals surface area contributed by atoms with Crippen LogP contribution in [0.1, 0.15) is 24.1 Å². The lowest BCUT2D eigenvalue weighted by Gasteiger charge is -2.22. The predicted molar refractivity (Wildman–Crippen MR) is 113 cm³/mol. The molecule has 0 aliphatic carbocycles. The number of carbonyl (C=O) groups excluding carboxylic acids is 1. The van der Waals surface area contributed by atoms with E-state index in [1.165, 1.54) is 7.11 Å². The average Bonchev–Trinajstić information content (AvgIpc) is 2.67. The number of rotatable bonds is 9. The molecule has 1 atom stereocenters. The number of carbonyl (C=O) groups is 1. The Hall–Kier alpha value is -2.29. The molecule has 1 N–H and O–H groups in total. The second-order valence-corrected chi connectivity index (χ2v) is 8.98. The van der Waals surface area contributed by atoms with Gasteiger partial charge in [0.25, 0.3) is 0 Å². The summed E-state index contributed by atoms with van der Waals surface area (Å²) >= 11 is 5.87. The molecule has 0 aliphatic heterocycles. The van der Waals surface area contributed by atoms with Gasteiger partial charge in [-0.05, 0) is 42.3 Å². The molecule has 0 bridgehead atoms. The Morgan fingerprint density at radius 1 is 1.10 bits per heavy atom. The lowest BCUT2D eigenvalue weighted by molar-refractivity contribution is -0.122. The van der Waals surface area contributed by atoms with Gasteiger partial charge in [0.1, 0.15) is 0 Å². The Kier molecular flexibility index (Phi) is 7.89. The highest BCUT2D eigenvalue weighted by atomic mass is 35.5. The molecule has 2 aromatic carbocycles. The number of sulfonamides is 1. The third-order valence-corrected chi connectivity index (χ3v) is 5.79. The summed E-state index contributed by atoms with van der Waals surface area (Å²) < 4.78 is 35.9. The Morgan fingerprint density at radius 3 is 2.28 bits per heavy atom. The fraction of sp³-hybridized carbons (Fsp3) is 0.350. The quantitative estimate of drug-likeness (QED) is 0.647. The molecule has 0 aliphatic rings. The molecule has 158 valence electrons. The minimum atomic E-state index is -3.59. The second kappa shape index (κ2) is 9.96. The van der Waals surface area contributed by atoms with Gasteiger partial charge >= 0.3 is 0 Å². The van der Waals surface area contributed by atoms with Crippen LogP contribution in [0, 0.1) is 0 Å². The van der Waals surface area contributed by atoms with Crippen molar-refractivity contribution in [3.05, 3.63) is 58.6 Å². The molecular weight excluding hydrogens is 416 g/mol. The molecule has 0 spiro atoms. The molecule has 7 nitrogen and oxygen atoms in total. The SMILES string of the molecule is COc1ccc([C@H](C)NC(=O)CN(Cc2ccc(Cl)cc2)S(C)(=O)=O)cc1OC. The van der Waals surface area contributed by atoms with Crippen molar-refractivity contribution in [1.82, 2.24) is 9.62 Å². The third-order valence-electron chi connectivity index (χ3n) is 4.35. The minimum Gasteiger partial charge on any atom is -0.493 e. The van der Waals surface area contributed by atoms with Crippen molar-refractivity contribution < 1.29 is 22.7 Å². The summed E-state index contributed by atoms with van der Waals surface area (Å²) in [7, 11) is -0.507. The lowest BCUT2D eigenvalue weighted by Crippen LogP contribution is -2.40. The first-order valence-corrected chi connectivity index (χ1v) is 11.1. The number of hydrogen-bond donors (Lipinski definition) is 1. The number of amides is 1. The first-order valence-electron chi connectivity index (χ1n) is 8.85. The van der Waals surface area contributed by atoms with Crippen LogP contribution in [-0.2, 0) is 21.4 Å². The van der Waals surface area contributed by atoms with Gasteiger partial charge in [-0.15, -0.1) is 0 Å². The monoisotopic (exact) mass is 440 g/mol. The van der Waals surface area contributed by atoms with Crippen molar-refractivity contribution in [3.63, 3.8) is 0 Å². The van der Waals surface area contributed by atoms with Gasteiger partial charge in [-0.25, -0.2) is 8.42 Å². The molecule has 1 amide bonds. The largest absolute Gasteiger partial charge is 0.493 e. The van der Waals surface area contributed by atoms with Crippen LogP contribution >= 0.6 is 11.6 Å². The molecular formula is C20H25ClN2O5S. The van der Waals surface area contributed by atoms with Crippen LogP contribution in [-0.4, -0.2) is 45.7 Å². The van der Waals surface area contributed by atoms with Crippen LogP contribution in [0.5, 0.6) is 11.5 Å². The highest BCUT2D eigenvalue weighted by Crippen LogP contribution is 2.29. The summed E-state index contributed by atoms with van der Waals surface area (Å²) in [5.41, 5.74) is 1.54. The Bertz CT molecular complexity index is 948. The number of hydrogen-bond acceptors (Lipinski definition) is 5. The van der Waals surface area contributed by atoms with Gasteiger partial charge in [0.05, 0.1) is 33.1 Å². The van der Waals surface area contributed by atoms with Gasteiger partial charge in [-0.1, -0.05) is 29.8 Å². The molecule has 0 radical (unpaired) electrons. The fourth-order valence-electron chi connectivity index (χ4n) is 2.74. The molecule has 2 rings (SSSR count). The molecule has 0 fully saturated rings. The highest BCUT2D eigenvalue weighted by Gasteiger charge is 2.22. The zero-order chi connectivity index (χ0) is 21.6. The summed E-state index contributed by atoms with van der Waals surface area (Å²) in [4.78, 5) is 12.5. The van der Waals surface area contributed by atoms with E-state index in [1.807, 2.05) is 13.0 Å². The van der Waals surface area contributed by atoms with Crippen LogP contribution in [0.15, 0.2) is 42.5 Å². The van der Waals surface area contributed by atoms with Crippen molar-refractivity contribution >= 4 is 27.5 Å². The predicted octanol–water partition coefficient (Wildman–Crippen LogP) is 3.00. The van der Waals surface area contributed by atoms with Gasteiger partial charge in [-0.3, -0.25) is 4.79 Å². The van der Waals surface area contributed by atoms with E-state index in [2.05, 4.69) is 5.32 Å². The van der Waals surface area contributed by atoms with Gasteiger partial charge in [0.15, 0.2) is 11.5 Å². The Balaban J connectivity index is 2.08. The van der Waals surface area contributed by atoms with Gasteiger partial charge in [0, 0.05) is 11.6 Å². The first kappa shape index (κ1) is 23.0. The number of halogens is 1. The normalized spacial score (nSPS) is 12.5. The highest BCUT2D eigenvalue weighted by molar-refractivity contribution is 7.88. The van der Waals surface area contributed by atoms with Crippen molar-refractivity contribution in [2.45, 2.75) is 19.5 Å². The number of methoxy groups -OCH3 is 2. The molecule has 0 aromatic heterocycles. The molecule has 0 saturated carbocycles. The van der Waals surface area contributed by atoms with Gasteiger partial charge in [-0.2, -0.15) is 4.31 Å². The smallest absolute Gasteiger partial charge is 0.235 e. The maximum atomic E-state index is 12.5.